The van der Waals surface area contributed by atoms with E-state index in [1.807, 2.05) is 11.3 Å². The zero-order valence-electron chi connectivity index (χ0n) is 10.9. The maximum Gasteiger partial charge on any atom is 0.0648 e. The Bertz CT molecular complexity index is 458. The summed E-state index contributed by atoms with van der Waals surface area (Å²) < 4.78 is 0.578. The van der Waals surface area contributed by atoms with E-state index in [4.69, 9.17) is 0 Å². The van der Waals surface area contributed by atoms with Crippen LogP contribution in [0.1, 0.15) is 43.0 Å². The summed E-state index contributed by atoms with van der Waals surface area (Å²) in [6.07, 6.45) is 7.09. The largest absolute Gasteiger partial charge is 0.148 e. The minimum atomic E-state index is 0.490. The molecule has 18 heavy (non-hydrogen) atoms. The molecule has 0 nitrogen and oxygen atoms in total. The molecule has 2 fully saturated rings. The first-order chi connectivity index (χ1) is 8.75. The molecule has 0 unspecified atom stereocenters. The Morgan fingerprint density at radius 3 is 2.89 bits per heavy atom. The second kappa shape index (κ2) is 4.20. The van der Waals surface area contributed by atoms with E-state index in [1.54, 1.807) is 10.4 Å². The van der Waals surface area contributed by atoms with Crippen LogP contribution in [-0.4, -0.2) is 15.6 Å². The molecular formula is C15H20S3. The Kier molecular flexibility index (Phi) is 2.84. The van der Waals surface area contributed by atoms with Crippen molar-refractivity contribution in [3.8, 4) is 0 Å². The maximum absolute atomic E-state index is 2.58. The van der Waals surface area contributed by atoms with Gasteiger partial charge in [0, 0.05) is 21.8 Å². The summed E-state index contributed by atoms with van der Waals surface area (Å²) in [5.74, 6) is 3.69. The topological polar surface area (TPSA) is 0 Å². The maximum atomic E-state index is 2.58. The van der Waals surface area contributed by atoms with Gasteiger partial charge in [0.2, 0.25) is 0 Å². The monoisotopic (exact) mass is 296 g/mol. The number of rotatable bonds is 0. The van der Waals surface area contributed by atoms with Crippen LogP contribution >= 0.6 is 34.9 Å². The molecule has 1 aromatic heterocycles. The van der Waals surface area contributed by atoms with Gasteiger partial charge < -0.3 is 0 Å². The molecule has 0 N–H and O–H groups in total. The molecule has 0 radical (unpaired) electrons. The summed E-state index contributed by atoms with van der Waals surface area (Å²) in [6, 6.07) is 2.39. The molecular weight excluding hydrogens is 276 g/mol. The third-order valence-corrected chi connectivity index (χ3v) is 10.2. The zero-order chi connectivity index (χ0) is 12.2. The van der Waals surface area contributed by atoms with E-state index < -0.39 is 0 Å². The third kappa shape index (κ3) is 1.53. The standard InChI is InChI=1S/C15H20S3/c1-14-6-2-7-15(17-9-10-18-15)12(14)4-3-11-5-8-16-13(11)14/h5,8,12H,2-4,6-7,9-10H2,1H3/t12-,14+/m1/s1. The van der Waals surface area contributed by atoms with Gasteiger partial charge in [0.25, 0.3) is 0 Å². The van der Waals surface area contributed by atoms with Crippen molar-refractivity contribution in [3.63, 3.8) is 0 Å². The van der Waals surface area contributed by atoms with Crippen LogP contribution < -0.4 is 0 Å². The normalized spacial score (nSPS) is 37.5. The molecule has 2 aliphatic carbocycles. The van der Waals surface area contributed by atoms with Gasteiger partial charge in [0.15, 0.2) is 0 Å². The lowest BCUT2D eigenvalue weighted by molar-refractivity contribution is 0.177. The lowest BCUT2D eigenvalue weighted by atomic mass is 9.61. The smallest absolute Gasteiger partial charge is 0.0648 e. The first-order valence-corrected chi connectivity index (χ1v) is 9.94. The highest BCUT2D eigenvalue weighted by Crippen LogP contribution is 2.64. The highest BCUT2D eigenvalue weighted by Gasteiger charge is 2.56. The van der Waals surface area contributed by atoms with E-state index in [2.05, 4.69) is 41.9 Å². The molecule has 2 atom stereocenters. The van der Waals surface area contributed by atoms with Crippen molar-refractivity contribution in [1.82, 2.24) is 0 Å². The van der Waals surface area contributed by atoms with Crippen LogP contribution in [0.5, 0.6) is 0 Å². The van der Waals surface area contributed by atoms with Gasteiger partial charge in [-0.25, -0.2) is 0 Å². The fourth-order valence-corrected chi connectivity index (χ4v) is 9.63. The summed E-state index contributed by atoms with van der Waals surface area (Å²) in [4.78, 5) is 1.74. The van der Waals surface area contributed by atoms with Gasteiger partial charge >= 0.3 is 0 Å². The van der Waals surface area contributed by atoms with E-state index >= 15 is 0 Å². The number of thioether (sulfide) groups is 2. The van der Waals surface area contributed by atoms with Gasteiger partial charge in [-0.2, -0.15) is 0 Å². The molecule has 2 heterocycles. The number of hydrogen-bond acceptors (Lipinski definition) is 3. The Morgan fingerprint density at radius 2 is 2.06 bits per heavy atom. The Hall–Kier alpha value is 0.400. The first-order valence-electron chi connectivity index (χ1n) is 7.09. The van der Waals surface area contributed by atoms with Crippen molar-refractivity contribution in [2.24, 2.45) is 5.92 Å². The quantitative estimate of drug-likeness (QED) is 0.666. The van der Waals surface area contributed by atoms with Gasteiger partial charge in [0.1, 0.15) is 0 Å². The molecule has 3 aliphatic rings. The van der Waals surface area contributed by atoms with Gasteiger partial charge in [0.05, 0.1) is 4.08 Å². The SMILES string of the molecule is C[C@]12CCCC3(SCCS3)[C@@H]1CCc1ccsc12. The summed E-state index contributed by atoms with van der Waals surface area (Å²) >= 11 is 6.62. The highest BCUT2D eigenvalue weighted by molar-refractivity contribution is 8.21. The number of fused-ring (bicyclic) bond motifs is 4. The average Bonchev–Trinajstić information content (AvgIpc) is 2.98. The molecule has 1 spiro atoms. The summed E-state index contributed by atoms with van der Waals surface area (Å²) in [7, 11) is 0. The molecule has 1 saturated carbocycles. The summed E-state index contributed by atoms with van der Waals surface area (Å²) in [5.41, 5.74) is 2.16. The van der Waals surface area contributed by atoms with Gasteiger partial charge in [-0.3, -0.25) is 0 Å². The fourth-order valence-electron chi connectivity index (χ4n) is 4.50. The third-order valence-electron chi connectivity index (χ3n) is 5.27. The minimum absolute atomic E-state index is 0.490. The molecule has 1 aliphatic heterocycles. The fraction of sp³-hybridized carbons (Fsp3) is 0.733. The molecule has 1 saturated heterocycles. The van der Waals surface area contributed by atoms with Crippen LogP contribution in [0.2, 0.25) is 0 Å². The molecule has 0 bridgehead atoms. The first kappa shape index (κ1) is 12.2. The number of aryl methyl sites for hydroxylation is 1. The molecule has 4 rings (SSSR count). The number of hydrogen-bond donors (Lipinski definition) is 0. The summed E-state index contributed by atoms with van der Waals surface area (Å²) in [5, 5.41) is 2.33. The predicted octanol–water partition coefficient (Wildman–Crippen LogP) is 4.93. The lowest BCUT2D eigenvalue weighted by Gasteiger charge is -2.53. The minimum Gasteiger partial charge on any atom is -0.148 e. The van der Waals surface area contributed by atoms with Crippen LogP contribution in [-0.2, 0) is 11.8 Å². The Balaban J connectivity index is 1.80. The molecule has 1 aromatic rings. The van der Waals surface area contributed by atoms with E-state index in [9.17, 15) is 0 Å². The van der Waals surface area contributed by atoms with Crippen molar-refractivity contribution in [1.29, 1.82) is 0 Å². The zero-order valence-corrected chi connectivity index (χ0v) is 13.4. The Morgan fingerprint density at radius 1 is 1.22 bits per heavy atom. The van der Waals surface area contributed by atoms with E-state index in [0.29, 0.717) is 9.49 Å². The molecule has 98 valence electrons. The van der Waals surface area contributed by atoms with Crippen molar-refractivity contribution < 1.29 is 0 Å². The second-order valence-corrected chi connectivity index (χ2v) is 10.2. The number of thiophene rings is 1. The van der Waals surface area contributed by atoms with Gasteiger partial charge in [-0.15, -0.1) is 34.9 Å². The van der Waals surface area contributed by atoms with Crippen LogP contribution in [0.15, 0.2) is 11.4 Å². The van der Waals surface area contributed by atoms with Crippen LogP contribution in [0.25, 0.3) is 0 Å². The summed E-state index contributed by atoms with van der Waals surface area (Å²) in [6.45, 7) is 2.58. The van der Waals surface area contributed by atoms with E-state index in [0.717, 1.165) is 5.92 Å². The van der Waals surface area contributed by atoms with Crippen LogP contribution in [0, 0.1) is 5.92 Å². The van der Waals surface area contributed by atoms with Crippen molar-refractivity contribution >= 4 is 34.9 Å². The second-order valence-electron chi connectivity index (χ2n) is 6.15. The Labute approximate surface area is 122 Å². The van der Waals surface area contributed by atoms with Crippen molar-refractivity contribution in [2.45, 2.75) is 48.5 Å². The highest BCUT2D eigenvalue weighted by atomic mass is 32.2. The predicted molar refractivity (Wildman–Crippen MR) is 85.0 cm³/mol. The molecule has 3 heteroatoms. The average molecular weight is 297 g/mol. The van der Waals surface area contributed by atoms with Crippen molar-refractivity contribution in [2.75, 3.05) is 11.5 Å². The molecule has 0 aromatic carbocycles. The van der Waals surface area contributed by atoms with Crippen molar-refractivity contribution in [3.05, 3.63) is 21.9 Å². The lowest BCUT2D eigenvalue weighted by Crippen LogP contribution is -2.49. The van der Waals surface area contributed by atoms with Crippen LogP contribution in [0.4, 0.5) is 0 Å². The molecule has 0 amide bonds. The van der Waals surface area contributed by atoms with Gasteiger partial charge in [-0.05, 0) is 48.6 Å². The van der Waals surface area contributed by atoms with E-state index in [1.165, 1.54) is 43.6 Å². The van der Waals surface area contributed by atoms with E-state index in [-0.39, 0.29) is 0 Å². The van der Waals surface area contributed by atoms with Gasteiger partial charge in [-0.1, -0.05) is 13.3 Å². The van der Waals surface area contributed by atoms with Crippen LogP contribution in [0.3, 0.4) is 0 Å².